The lowest BCUT2D eigenvalue weighted by atomic mass is 9.90. The van der Waals surface area contributed by atoms with Crippen LogP contribution < -0.4 is 21.3 Å². The number of thioether (sulfide) groups is 1. The fraction of sp³-hybridized carbons (Fsp3) is 0.517. The molecular formula is C29H35FN4O4S. The number of methoxy groups -OCH3 is 1. The highest BCUT2D eigenvalue weighted by Crippen LogP contribution is 2.30. The minimum absolute atomic E-state index is 0.0163. The van der Waals surface area contributed by atoms with Crippen LogP contribution in [0.2, 0.25) is 0 Å². The monoisotopic (exact) mass is 554 g/mol. The number of carbonyl (C=O) groups excluding carboxylic acids is 1. The van der Waals surface area contributed by atoms with Gasteiger partial charge in [0.2, 0.25) is 5.91 Å². The van der Waals surface area contributed by atoms with E-state index in [1.165, 1.54) is 10.6 Å². The maximum atomic E-state index is 14.1. The standard InChI is InChI=1S/C29H35FN4O4S/c1-38-24-11-5-19(6-12-24)3-2-4-26(35)32-21-7-9-22(10-8-21)34-28(36)25-17-20(30)18-31-27(25)33(29(34)37)23-13-15-39-16-14-23/h5-6,11-12,17-18,21-23H,2-4,7-10,13-16H2,1H3,(H,32,35). The Kier molecular flexibility index (Phi) is 8.69. The predicted molar refractivity (Wildman–Crippen MR) is 151 cm³/mol. The van der Waals surface area contributed by atoms with E-state index in [-0.39, 0.29) is 40.8 Å². The summed E-state index contributed by atoms with van der Waals surface area (Å²) in [4.78, 5) is 43.9. The second-order valence-corrected chi connectivity index (χ2v) is 11.7. The van der Waals surface area contributed by atoms with Crippen LogP contribution >= 0.6 is 11.8 Å². The largest absolute Gasteiger partial charge is 0.497 e. The summed E-state index contributed by atoms with van der Waals surface area (Å²) in [5.74, 6) is 2.12. The maximum absolute atomic E-state index is 14.1. The number of rotatable bonds is 8. The van der Waals surface area contributed by atoms with Gasteiger partial charge in [0.1, 0.15) is 17.2 Å². The Hall–Kier alpha value is -3.14. The first-order valence-corrected chi connectivity index (χ1v) is 14.9. The molecule has 1 N–H and O–H groups in total. The van der Waals surface area contributed by atoms with Crippen molar-refractivity contribution in [2.24, 2.45) is 0 Å². The number of aryl methyl sites for hydroxylation is 1. The van der Waals surface area contributed by atoms with Gasteiger partial charge >= 0.3 is 5.69 Å². The topological polar surface area (TPSA) is 95.2 Å². The SMILES string of the molecule is COc1ccc(CCCC(=O)NC2CCC(n3c(=O)c4cc(F)cnc4n(C4CCSCC4)c3=O)CC2)cc1. The summed E-state index contributed by atoms with van der Waals surface area (Å²) in [5.41, 5.74) is 0.608. The number of fused-ring (bicyclic) bond motifs is 1. The Morgan fingerprint density at radius 2 is 1.74 bits per heavy atom. The fourth-order valence-electron chi connectivity index (χ4n) is 5.82. The van der Waals surface area contributed by atoms with Crippen LogP contribution in [0, 0.1) is 5.82 Å². The molecule has 39 heavy (non-hydrogen) atoms. The Bertz CT molecular complexity index is 1420. The number of pyridine rings is 1. The average molecular weight is 555 g/mol. The summed E-state index contributed by atoms with van der Waals surface area (Å²) in [5, 5.41) is 3.29. The van der Waals surface area contributed by atoms with E-state index < -0.39 is 11.4 Å². The summed E-state index contributed by atoms with van der Waals surface area (Å²) in [6, 6.07) is 8.74. The number of aromatic nitrogens is 3. The highest BCUT2D eigenvalue weighted by atomic mass is 32.2. The molecule has 1 aliphatic heterocycles. The molecule has 1 aromatic carbocycles. The number of amides is 1. The van der Waals surface area contributed by atoms with Crippen molar-refractivity contribution in [3.8, 4) is 5.75 Å². The minimum atomic E-state index is -0.589. The lowest BCUT2D eigenvalue weighted by molar-refractivity contribution is -0.122. The van der Waals surface area contributed by atoms with E-state index in [0.29, 0.717) is 32.1 Å². The van der Waals surface area contributed by atoms with Crippen molar-refractivity contribution in [1.29, 1.82) is 0 Å². The molecule has 3 heterocycles. The molecule has 0 unspecified atom stereocenters. The second-order valence-electron chi connectivity index (χ2n) is 10.5. The third-order valence-corrected chi connectivity index (χ3v) is 8.98. The number of ether oxygens (including phenoxy) is 1. The van der Waals surface area contributed by atoms with Gasteiger partial charge in [-0.25, -0.2) is 14.2 Å². The van der Waals surface area contributed by atoms with E-state index >= 15 is 0 Å². The van der Waals surface area contributed by atoms with Gasteiger partial charge < -0.3 is 10.1 Å². The van der Waals surface area contributed by atoms with Crippen LogP contribution in [-0.4, -0.2) is 44.7 Å². The summed E-state index contributed by atoms with van der Waals surface area (Å²) in [6.07, 6.45) is 7.27. The fourth-order valence-corrected chi connectivity index (χ4v) is 6.90. The quantitative estimate of drug-likeness (QED) is 0.444. The molecule has 2 aliphatic rings. The summed E-state index contributed by atoms with van der Waals surface area (Å²) in [7, 11) is 1.64. The Labute approximate surface area is 231 Å². The third kappa shape index (κ3) is 6.21. The summed E-state index contributed by atoms with van der Waals surface area (Å²) >= 11 is 1.85. The van der Waals surface area contributed by atoms with Gasteiger partial charge in [0.25, 0.3) is 5.56 Å². The van der Waals surface area contributed by atoms with Crippen molar-refractivity contribution in [3.63, 3.8) is 0 Å². The lowest BCUT2D eigenvalue weighted by Crippen LogP contribution is -2.46. The third-order valence-electron chi connectivity index (χ3n) is 7.93. The molecule has 0 atom stereocenters. The normalized spacial score (nSPS) is 20.2. The van der Waals surface area contributed by atoms with Crippen molar-refractivity contribution in [3.05, 3.63) is 68.7 Å². The van der Waals surface area contributed by atoms with Crippen molar-refractivity contribution >= 4 is 28.7 Å². The number of benzene rings is 1. The van der Waals surface area contributed by atoms with Crippen LogP contribution in [0.25, 0.3) is 11.0 Å². The van der Waals surface area contributed by atoms with E-state index in [2.05, 4.69) is 10.3 Å². The molecule has 5 rings (SSSR count). The summed E-state index contributed by atoms with van der Waals surface area (Å²) < 4.78 is 22.3. The van der Waals surface area contributed by atoms with Crippen LogP contribution in [0.1, 0.15) is 69.0 Å². The molecule has 2 aromatic heterocycles. The molecule has 1 amide bonds. The van der Waals surface area contributed by atoms with Gasteiger partial charge in [-0.3, -0.25) is 18.7 Å². The first-order chi connectivity index (χ1) is 18.9. The van der Waals surface area contributed by atoms with Crippen molar-refractivity contribution < 1.29 is 13.9 Å². The van der Waals surface area contributed by atoms with E-state index in [9.17, 15) is 18.8 Å². The molecule has 1 saturated carbocycles. The summed E-state index contributed by atoms with van der Waals surface area (Å²) in [6.45, 7) is 0. The van der Waals surface area contributed by atoms with Crippen LogP contribution in [0.4, 0.5) is 4.39 Å². The zero-order valence-corrected chi connectivity index (χ0v) is 23.1. The first-order valence-electron chi connectivity index (χ1n) is 13.8. The van der Waals surface area contributed by atoms with E-state index in [0.717, 1.165) is 54.7 Å². The molecule has 1 saturated heterocycles. The van der Waals surface area contributed by atoms with Gasteiger partial charge in [0, 0.05) is 24.5 Å². The van der Waals surface area contributed by atoms with Gasteiger partial charge in [-0.1, -0.05) is 12.1 Å². The number of nitrogens with one attached hydrogen (secondary N) is 1. The Morgan fingerprint density at radius 3 is 2.44 bits per heavy atom. The number of nitrogens with zero attached hydrogens (tertiary/aromatic N) is 3. The van der Waals surface area contributed by atoms with Crippen molar-refractivity contribution in [2.75, 3.05) is 18.6 Å². The van der Waals surface area contributed by atoms with Crippen LogP contribution in [-0.2, 0) is 11.2 Å². The van der Waals surface area contributed by atoms with Crippen LogP contribution in [0.3, 0.4) is 0 Å². The van der Waals surface area contributed by atoms with E-state index in [1.807, 2.05) is 36.0 Å². The first kappa shape index (κ1) is 27.4. The van der Waals surface area contributed by atoms with Crippen molar-refractivity contribution in [1.82, 2.24) is 19.4 Å². The van der Waals surface area contributed by atoms with Crippen molar-refractivity contribution in [2.45, 2.75) is 75.9 Å². The predicted octanol–water partition coefficient (Wildman–Crippen LogP) is 4.40. The molecular weight excluding hydrogens is 519 g/mol. The Balaban J connectivity index is 1.24. The minimum Gasteiger partial charge on any atom is -0.497 e. The van der Waals surface area contributed by atoms with Gasteiger partial charge in [-0.2, -0.15) is 11.8 Å². The van der Waals surface area contributed by atoms with Gasteiger partial charge in [-0.05, 0) is 86.6 Å². The number of halogens is 1. The van der Waals surface area contributed by atoms with E-state index in [4.69, 9.17) is 4.74 Å². The second kappa shape index (κ2) is 12.4. The Morgan fingerprint density at radius 1 is 1.05 bits per heavy atom. The van der Waals surface area contributed by atoms with Gasteiger partial charge in [0.15, 0.2) is 0 Å². The average Bonchev–Trinajstić information content (AvgIpc) is 2.95. The smallest absolute Gasteiger partial charge is 0.333 e. The number of hydrogen-bond acceptors (Lipinski definition) is 6. The van der Waals surface area contributed by atoms with Gasteiger partial charge in [-0.15, -0.1) is 0 Å². The zero-order chi connectivity index (χ0) is 27.4. The lowest BCUT2D eigenvalue weighted by Gasteiger charge is -2.31. The molecule has 3 aromatic rings. The highest BCUT2D eigenvalue weighted by Gasteiger charge is 2.29. The van der Waals surface area contributed by atoms with Crippen LogP contribution in [0.15, 0.2) is 46.1 Å². The van der Waals surface area contributed by atoms with E-state index in [1.54, 1.807) is 11.7 Å². The molecule has 1 aliphatic carbocycles. The zero-order valence-electron chi connectivity index (χ0n) is 22.2. The molecule has 0 spiro atoms. The number of hydrogen-bond donors (Lipinski definition) is 1. The maximum Gasteiger partial charge on any atom is 0.333 e. The molecule has 0 bridgehead atoms. The van der Waals surface area contributed by atoms with Gasteiger partial charge in [0.05, 0.1) is 18.7 Å². The molecule has 0 radical (unpaired) electrons. The molecule has 10 heteroatoms. The number of carbonyl (C=O) groups is 1. The van der Waals surface area contributed by atoms with Crippen LogP contribution in [0.5, 0.6) is 5.75 Å². The molecule has 208 valence electrons. The molecule has 8 nitrogen and oxygen atoms in total. The molecule has 2 fully saturated rings. The highest BCUT2D eigenvalue weighted by molar-refractivity contribution is 7.99.